The lowest BCUT2D eigenvalue weighted by Gasteiger charge is -2.28. The van der Waals surface area contributed by atoms with Crippen LogP contribution in [-0.2, 0) is 9.59 Å². The molecule has 0 fully saturated rings. The first-order valence-corrected chi connectivity index (χ1v) is 5.36. The Hall–Kier alpha value is -1.10. The molecule has 16 heavy (non-hydrogen) atoms. The van der Waals surface area contributed by atoms with E-state index in [1.807, 2.05) is 20.8 Å². The summed E-state index contributed by atoms with van der Waals surface area (Å²) in [6.07, 6.45) is 0. The van der Waals surface area contributed by atoms with E-state index in [1.54, 1.807) is 13.8 Å². The van der Waals surface area contributed by atoms with Gasteiger partial charge in [0.15, 0.2) is 0 Å². The standard InChI is InChI=1S/C11H22N2O3/c1-6(2)7(10(15)16)13-9(14)8(12)11(3,4)5/h6-8H,12H2,1-5H3,(H,13,14)(H,15,16)/t7-,8?/m0/s1. The summed E-state index contributed by atoms with van der Waals surface area (Å²) in [6, 6.07) is -1.60. The van der Waals surface area contributed by atoms with Crippen molar-refractivity contribution in [1.29, 1.82) is 0 Å². The lowest BCUT2D eigenvalue weighted by molar-refractivity contribution is -0.143. The molecule has 1 amide bonds. The molecule has 0 aromatic carbocycles. The fraction of sp³-hybridized carbons (Fsp3) is 0.818. The minimum Gasteiger partial charge on any atom is -0.480 e. The SMILES string of the molecule is CC(C)[C@H](NC(=O)C(N)C(C)(C)C)C(=O)O. The van der Waals surface area contributed by atoms with E-state index in [0.717, 1.165) is 0 Å². The van der Waals surface area contributed by atoms with E-state index in [1.165, 1.54) is 0 Å². The molecule has 1 unspecified atom stereocenters. The van der Waals surface area contributed by atoms with Crippen molar-refractivity contribution < 1.29 is 14.7 Å². The second kappa shape index (κ2) is 5.30. The van der Waals surface area contributed by atoms with Crippen LogP contribution >= 0.6 is 0 Å². The third-order valence-electron chi connectivity index (χ3n) is 2.45. The molecule has 4 N–H and O–H groups in total. The summed E-state index contributed by atoms with van der Waals surface area (Å²) < 4.78 is 0. The molecular weight excluding hydrogens is 208 g/mol. The van der Waals surface area contributed by atoms with Gasteiger partial charge >= 0.3 is 5.97 Å². The molecular formula is C11H22N2O3. The van der Waals surface area contributed by atoms with Gasteiger partial charge in [0.1, 0.15) is 6.04 Å². The van der Waals surface area contributed by atoms with E-state index in [4.69, 9.17) is 10.8 Å². The smallest absolute Gasteiger partial charge is 0.326 e. The molecule has 5 nitrogen and oxygen atoms in total. The minimum absolute atomic E-state index is 0.173. The van der Waals surface area contributed by atoms with E-state index >= 15 is 0 Å². The van der Waals surface area contributed by atoms with Gasteiger partial charge in [0.05, 0.1) is 6.04 Å². The number of amides is 1. The Morgan fingerprint density at radius 3 is 1.94 bits per heavy atom. The Bertz CT molecular complexity index is 269. The van der Waals surface area contributed by atoms with Gasteiger partial charge in [0.25, 0.3) is 0 Å². The number of nitrogens with two attached hydrogens (primary N) is 1. The summed E-state index contributed by atoms with van der Waals surface area (Å²) >= 11 is 0. The second-order valence-electron chi connectivity index (χ2n) is 5.41. The molecule has 94 valence electrons. The van der Waals surface area contributed by atoms with Gasteiger partial charge in [0.2, 0.25) is 5.91 Å². The Morgan fingerprint density at radius 2 is 1.69 bits per heavy atom. The lowest BCUT2D eigenvalue weighted by Crippen LogP contribution is -2.54. The van der Waals surface area contributed by atoms with Gasteiger partial charge < -0.3 is 16.2 Å². The van der Waals surface area contributed by atoms with Crippen molar-refractivity contribution in [3.8, 4) is 0 Å². The van der Waals surface area contributed by atoms with Crippen LogP contribution in [0.4, 0.5) is 0 Å². The average molecular weight is 230 g/mol. The van der Waals surface area contributed by atoms with Crippen LogP contribution in [0.2, 0.25) is 0 Å². The highest BCUT2D eigenvalue weighted by Crippen LogP contribution is 2.17. The van der Waals surface area contributed by atoms with Crippen LogP contribution in [0.1, 0.15) is 34.6 Å². The number of carbonyl (C=O) groups is 2. The third kappa shape index (κ3) is 4.18. The van der Waals surface area contributed by atoms with Gasteiger partial charge in [-0.3, -0.25) is 4.79 Å². The Morgan fingerprint density at radius 1 is 1.25 bits per heavy atom. The van der Waals surface area contributed by atoms with Crippen LogP contribution in [0.3, 0.4) is 0 Å². The maximum absolute atomic E-state index is 11.7. The molecule has 0 bridgehead atoms. The Balaban J connectivity index is 4.60. The van der Waals surface area contributed by atoms with Crippen LogP contribution in [0.5, 0.6) is 0 Å². The molecule has 0 heterocycles. The van der Waals surface area contributed by atoms with Crippen LogP contribution in [0.25, 0.3) is 0 Å². The average Bonchev–Trinajstić information content (AvgIpc) is 2.09. The molecule has 5 heteroatoms. The van der Waals surface area contributed by atoms with Crippen LogP contribution in [-0.4, -0.2) is 29.1 Å². The monoisotopic (exact) mass is 230 g/mol. The number of carboxylic acid groups (broad SMARTS) is 1. The van der Waals surface area contributed by atoms with Gasteiger partial charge in [-0.05, 0) is 11.3 Å². The summed E-state index contributed by atoms with van der Waals surface area (Å²) in [5.41, 5.74) is 5.35. The highest BCUT2D eigenvalue weighted by atomic mass is 16.4. The van der Waals surface area contributed by atoms with Gasteiger partial charge in [-0.1, -0.05) is 34.6 Å². The van der Waals surface area contributed by atoms with Crippen molar-refractivity contribution in [2.75, 3.05) is 0 Å². The molecule has 0 spiro atoms. The summed E-state index contributed by atoms with van der Waals surface area (Å²) in [5.74, 6) is -1.63. The van der Waals surface area contributed by atoms with E-state index < -0.39 is 24.0 Å². The molecule has 0 aromatic heterocycles. The number of nitrogens with one attached hydrogen (secondary N) is 1. The van der Waals surface area contributed by atoms with Crippen molar-refractivity contribution in [3.63, 3.8) is 0 Å². The van der Waals surface area contributed by atoms with Crippen LogP contribution in [0.15, 0.2) is 0 Å². The highest BCUT2D eigenvalue weighted by molar-refractivity contribution is 5.87. The fourth-order valence-corrected chi connectivity index (χ4v) is 1.15. The zero-order chi connectivity index (χ0) is 13.1. The summed E-state index contributed by atoms with van der Waals surface area (Å²) in [7, 11) is 0. The molecule has 0 aliphatic rings. The summed E-state index contributed by atoms with van der Waals surface area (Å²) in [5, 5.41) is 11.4. The predicted octanol–water partition coefficient (Wildman–Crippen LogP) is 0.585. The topological polar surface area (TPSA) is 92.4 Å². The molecule has 2 atom stereocenters. The van der Waals surface area contributed by atoms with Gasteiger partial charge in [-0.2, -0.15) is 0 Å². The van der Waals surface area contributed by atoms with Crippen LogP contribution in [0, 0.1) is 11.3 Å². The first-order chi connectivity index (χ1) is 7.07. The Kier molecular flexibility index (Phi) is 4.93. The number of hydrogen-bond acceptors (Lipinski definition) is 3. The Labute approximate surface area is 96.4 Å². The molecule has 0 rings (SSSR count). The fourth-order valence-electron chi connectivity index (χ4n) is 1.15. The third-order valence-corrected chi connectivity index (χ3v) is 2.45. The zero-order valence-corrected chi connectivity index (χ0v) is 10.6. The molecule has 0 aromatic rings. The largest absolute Gasteiger partial charge is 0.480 e. The molecule has 0 aliphatic heterocycles. The molecule has 0 saturated heterocycles. The molecule has 0 radical (unpaired) electrons. The summed E-state index contributed by atoms with van der Waals surface area (Å²) in [4.78, 5) is 22.6. The second-order valence-corrected chi connectivity index (χ2v) is 5.41. The number of carbonyl (C=O) groups excluding carboxylic acids is 1. The van der Waals surface area contributed by atoms with Crippen LogP contribution < -0.4 is 11.1 Å². The maximum Gasteiger partial charge on any atom is 0.326 e. The zero-order valence-electron chi connectivity index (χ0n) is 10.6. The normalized spacial score (nSPS) is 15.7. The van der Waals surface area contributed by atoms with E-state index in [0.29, 0.717) is 0 Å². The lowest BCUT2D eigenvalue weighted by atomic mass is 9.86. The molecule has 0 saturated carbocycles. The summed E-state index contributed by atoms with van der Waals surface area (Å²) in [6.45, 7) is 8.98. The number of rotatable bonds is 4. The number of aliphatic carboxylic acids is 1. The van der Waals surface area contributed by atoms with Crippen molar-refractivity contribution in [2.45, 2.75) is 46.7 Å². The molecule has 0 aliphatic carbocycles. The van der Waals surface area contributed by atoms with Crippen molar-refractivity contribution in [2.24, 2.45) is 17.1 Å². The van der Waals surface area contributed by atoms with Crippen molar-refractivity contribution in [1.82, 2.24) is 5.32 Å². The number of hydrogen-bond donors (Lipinski definition) is 3. The first-order valence-electron chi connectivity index (χ1n) is 5.36. The van der Waals surface area contributed by atoms with Gasteiger partial charge in [-0.25, -0.2) is 4.79 Å². The predicted molar refractivity (Wildman–Crippen MR) is 61.8 cm³/mol. The number of carboxylic acids is 1. The van der Waals surface area contributed by atoms with Crippen molar-refractivity contribution in [3.05, 3.63) is 0 Å². The van der Waals surface area contributed by atoms with E-state index in [2.05, 4.69) is 5.32 Å². The highest BCUT2D eigenvalue weighted by Gasteiger charge is 2.31. The van der Waals surface area contributed by atoms with Crippen molar-refractivity contribution >= 4 is 11.9 Å². The maximum atomic E-state index is 11.7. The van der Waals surface area contributed by atoms with E-state index in [9.17, 15) is 9.59 Å². The minimum atomic E-state index is -1.04. The first kappa shape index (κ1) is 14.9. The van der Waals surface area contributed by atoms with Gasteiger partial charge in [-0.15, -0.1) is 0 Å². The van der Waals surface area contributed by atoms with E-state index in [-0.39, 0.29) is 11.3 Å². The quantitative estimate of drug-likeness (QED) is 0.659. The van der Waals surface area contributed by atoms with Gasteiger partial charge in [0, 0.05) is 0 Å².